The summed E-state index contributed by atoms with van der Waals surface area (Å²) in [5.41, 5.74) is 1.81. The number of carbonyl (C=O) groups excluding carboxylic acids is 2. The Bertz CT molecular complexity index is 958. The number of Topliss-reactive ketones (excluding diaryl/α,β-unsaturated/α-hetero) is 1. The summed E-state index contributed by atoms with van der Waals surface area (Å²) in [6.07, 6.45) is 2.86. The second kappa shape index (κ2) is 10.5. The Morgan fingerprint density at radius 2 is 1.76 bits per heavy atom. The predicted octanol–water partition coefficient (Wildman–Crippen LogP) is 3.57. The first-order valence-electron chi connectivity index (χ1n) is 8.69. The van der Waals surface area contributed by atoms with Crippen LogP contribution >= 0.6 is 0 Å². The van der Waals surface area contributed by atoms with Gasteiger partial charge in [-0.15, -0.1) is 0 Å². The number of hydrogen-bond acceptors (Lipinski definition) is 7. The van der Waals surface area contributed by atoms with E-state index in [-0.39, 0.29) is 19.0 Å². The molecule has 150 valence electrons. The summed E-state index contributed by atoms with van der Waals surface area (Å²) in [6, 6.07) is 11.9. The first kappa shape index (κ1) is 21.5. The quantitative estimate of drug-likeness (QED) is 0.364. The molecule has 0 aliphatic rings. The molecule has 0 fully saturated rings. The van der Waals surface area contributed by atoms with Gasteiger partial charge in [-0.25, -0.2) is 4.79 Å². The van der Waals surface area contributed by atoms with Gasteiger partial charge in [-0.1, -0.05) is 6.07 Å². The highest BCUT2D eigenvalue weighted by atomic mass is 16.5. The maximum absolute atomic E-state index is 12.1. The molecule has 0 unspecified atom stereocenters. The molecule has 29 heavy (non-hydrogen) atoms. The molecular weight excluding hydrogens is 374 g/mol. The first-order valence-corrected chi connectivity index (χ1v) is 8.69. The van der Waals surface area contributed by atoms with Crippen molar-refractivity contribution in [2.45, 2.75) is 13.5 Å². The van der Waals surface area contributed by atoms with Crippen molar-refractivity contribution in [1.82, 2.24) is 0 Å². The second-order valence-electron chi connectivity index (χ2n) is 5.88. The number of esters is 1. The standard InChI is InChI=1S/C22H21NO6/c1-15(24)17-6-8-19(26-2)18(13-17)14-29-22(25)9-5-16-4-7-20(28-11-10-23)21(12-16)27-3/h4-9,12-13H,11,14H2,1-3H3/b9-5+. The minimum atomic E-state index is -0.552. The number of rotatable bonds is 9. The fourth-order valence-electron chi connectivity index (χ4n) is 2.49. The number of hydrogen-bond donors (Lipinski definition) is 0. The molecule has 2 aromatic carbocycles. The molecule has 0 radical (unpaired) electrons. The van der Waals surface area contributed by atoms with Crippen LogP contribution in [0.4, 0.5) is 0 Å². The molecule has 0 saturated heterocycles. The summed E-state index contributed by atoms with van der Waals surface area (Å²) < 4.78 is 21.0. The van der Waals surface area contributed by atoms with Crippen LogP contribution in [0, 0.1) is 11.3 Å². The van der Waals surface area contributed by atoms with Crippen LogP contribution in [0.25, 0.3) is 6.08 Å². The van der Waals surface area contributed by atoms with Gasteiger partial charge in [0, 0.05) is 17.2 Å². The molecule has 0 saturated carbocycles. The van der Waals surface area contributed by atoms with E-state index in [0.717, 1.165) is 0 Å². The molecule has 7 nitrogen and oxygen atoms in total. The average Bonchev–Trinajstić information content (AvgIpc) is 2.74. The number of methoxy groups -OCH3 is 2. The van der Waals surface area contributed by atoms with Crippen LogP contribution in [0.1, 0.15) is 28.4 Å². The van der Waals surface area contributed by atoms with E-state index < -0.39 is 5.97 Å². The lowest BCUT2D eigenvalue weighted by atomic mass is 10.1. The van der Waals surface area contributed by atoms with Crippen molar-refractivity contribution in [3.8, 4) is 23.3 Å². The highest BCUT2D eigenvalue weighted by molar-refractivity contribution is 5.94. The largest absolute Gasteiger partial charge is 0.496 e. The van der Waals surface area contributed by atoms with Gasteiger partial charge in [-0.3, -0.25) is 4.79 Å². The van der Waals surface area contributed by atoms with Gasteiger partial charge >= 0.3 is 5.97 Å². The van der Waals surface area contributed by atoms with Gasteiger partial charge in [0.25, 0.3) is 0 Å². The zero-order valence-electron chi connectivity index (χ0n) is 16.4. The van der Waals surface area contributed by atoms with E-state index >= 15 is 0 Å². The fourth-order valence-corrected chi connectivity index (χ4v) is 2.49. The molecule has 0 aliphatic carbocycles. The van der Waals surface area contributed by atoms with E-state index in [1.54, 1.807) is 42.5 Å². The summed E-state index contributed by atoms with van der Waals surface area (Å²) in [7, 11) is 2.99. The number of ketones is 1. The maximum Gasteiger partial charge on any atom is 0.331 e. The first-order chi connectivity index (χ1) is 14.0. The molecule has 0 heterocycles. The Hall–Kier alpha value is -3.79. The van der Waals surface area contributed by atoms with E-state index in [0.29, 0.717) is 33.9 Å². The van der Waals surface area contributed by atoms with Gasteiger partial charge in [0.2, 0.25) is 0 Å². The Kier molecular flexibility index (Phi) is 7.80. The van der Waals surface area contributed by atoms with Crippen LogP contribution in [-0.2, 0) is 16.1 Å². The maximum atomic E-state index is 12.1. The van der Waals surface area contributed by atoms with Gasteiger partial charge in [-0.05, 0) is 48.9 Å². The Morgan fingerprint density at radius 1 is 1.03 bits per heavy atom. The topological polar surface area (TPSA) is 94.9 Å². The van der Waals surface area contributed by atoms with Crippen LogP contribution in [0.2, 0.25) is 0 Å². The van der Waals surface area contributed by atoms with Crippen molar-refractivity contribution in [3.05, 3.63) is 59.2 Å². The second-order valence-corrected chi connectivity index (χ2v) is 5.88. The number of benzene rings is 2. The van der Waals surface area contributed by atoms with Crippen LogP contribution in [-0.4, -0.2) is 32.6 Å². The van der Waals surface area contributed by atoms with Crippen molar-refractivity contribution in [1.29, 1.82) is 5.26 Å². The van der Waals surface area contributed by atoms with E-state index in [4.69, 9.17) is 24.2 Å². The smallest absolute Gasteiger partial charge is 0.331 e. The molecule has 0 bridgehead atoms. The van der Waals surface area contributed by atoms with Crippen LogP contribution in [0.5, 0.6) is 17.2 Å². The van der Waals surface area contributed by atoms with Gasteiger partial charge in [0.1, 0.15) is 18.4 Å². The fraction of sp³-hybridized carbons (Fsp3) is 0.227. The SMILES string of the molecule is COc1ccc(C(C)=O)cc1COC(=O)/C=C/c1ccc(OCC#N)c(OC)c1. The zero-order valence-corrected chi connectivity index (χ0v) is 16.4. The van der Waals surface area contributed by atoms with Gasteiger partial charge in [0.15, 0.2) is 23.9 Å². The molecule has 2 rings (SSSR count). The summed E-state index contributed by atoms with van der Waals surface area (Å²) in [5.74, 6) is 0.776. The molecule has 0 amide bonds. The van der Waals surface area contributed by atoms with Crippen molar-refractivity contribution < 1.29 is 28.5 Å². The highest BCUT2D eigenvalue weighted by Gasteiger charge is 2.10. The third-order valence-electron chi connectivity index (χ3n) is 3.95. The molecule has 0 aromatic heterocycles. The molecule has 0 aliphatic heterocycles. The minimum absolute atomic E-state index is 0.0300. The van der Waals surface area contributed by atoms with Crippen LogP contribution in [0.3, 0.4) is 0 Å². The predicted molar refractivity (Wildman–Crippen MR) is 106 cm³/mol. The third-order valence-corrected chi connectivity index (χ3v) is 3.95. The normalized spacial score (nSPS) is 10.3. The third kappa shape index (κ3) is 6.11. The van der Waals surface area contributed by atoms with Gasteiger partial charge in [-0.2, -0.15) is 5.26 Å². The lowest BCUT2D eigenvalue weighted by Gasteiger charge is -2.10. The molecule has 0 spiro atoms. The minimum Gasteiger partial charge on any atom is -0.496 e. The van der Waals surface area contributed by atoms with Gasteiger partial charge in [0.05, 0.1) is 14.2 Å². The zero-order chi connectivity index (χ0) is 21.2. The van der Waals surface area contributed by atoms with E-state index in [1.807, 2.05) is 6.07 Å². The number of ether oxygens (including phenoxy) is 4. The van der Waals surface area contributed by atoms with Crippen LogP contribution in [0.15, 0.2) is 42.5 Å². The van der Waals surface area contributed by atoms with E-state index in [2.05, 4.69) is 0 Å². The molecule has 2 aromatic rings. The summed E-state index contributed by atoms with van der Waals surface area (Å²) in [5, 5.41) is 8.60. The molecule has 0 atom stereocenters. The summed E-state index contributed by atoms with van der Waals surface area (Å²) >= 11 is 0. The van der Waals surface area contributed by atoms with Crippen LogP contribution < -0.4 is 14.2 Å². The van der Waals surface area contributed by atoms with Crippen molar-refractivity contribution in [3.63, 3.8) is 0 Å². The molecular formula is C22H21NO6. The number of carbonyl (C=O) groups is 2. The van der Waals surface area contributed by atoms with Gasteiger partial charge < -0.3 is 18.9 Å². The summed E-state index contributed by atoms with van der Waals surface area (Å²) in [4.78, 5) is 23.6. The van der Waals surface area contributed by atoms with Crippen molar-refractivity contribution in [2.24, 2.45) is 0 Å². The Morgan fingerprint density at radius 3 is 2.41 bits per heavy atom. The van der Waals surface area contributed by atoms with E-state index in [9.17, 15) is 9.59 Å². The lowest BCUT2D eigenvalue weighted by molar-refractivity contribution is -0.138. The number of nitriles is 1. The molecule has 0 N–H and O–H groups in total. The highest BCUT2D eigenvalue weighted by Crippen LogP contribution is 2.28. The van der Waals surface area contributed by atoms with E-state index in [1.165, 1.54) is 27.2 Å². The van der Waals surface area contributed by atoms with Crippen molar-refractivity contribution >= 4 is 17.8 Å². The molecule has 7 heteroatoms. The van der Waals surface area contributed by atoms with Crippen molar-refractivity contribution in [2.75, 3.05) is 20.8 Å². The monoisotopic (exact) mass is 395 g/mol. The lowest BCUT2D eigenvalue weighted by Crippen LogP contribution is -2.04. The summed E-state index contributed by atoms with van der Waals surface area (Å²) in [6.45, 7) is 1.34. The Labute approximate surface area is 169 Å². The Balaban J connectivity index is 2.04. The number of nitrogens with zero attached hydrogens (tertiary/aromatic N) is 1. The average molecular weight is 395 g/mol.